The number of anilines is 2. The molecule has 3 aromatic rings. The number of benzene rings is 3. The maximum absolute atomic E-state index is 13.3. The molecule has 10 heteroatoms. The second-order valence-electron chi connectivity index (χ2n) is 8.35. The number of nitrogens with zero attached hydrogens (tertiary/aromatic N) is 2. The predicted molar refractivity (Wildman–Crippen MR) is 144 cm³/mol. The average molecular weight is 523 g/mol. The fourth-order valence-corrected chi connectivity index (χ4v) is 4.21. The minimum Gasteiger partial charge on any atom is -0.497 e. The van der Waals surface area contributed by atoms with E-state index in [0.29, 0.717) is 48.9 Å². The molecule has 1 fully saturated rings. The Bertz CT molecular complexity index is 1270. The standard InChI is InChI=1S/C27H27FN4O4S/c1-35-23-15-19(16-24(17-23)36-2)26(34)32-12-10-31(11-13-32)22-8-6-21(7-9-22)29-27(37)30-25(33)18-4-3-5-20(28)14-18/h3-9,14-17H,10-13H2,1-2H3,(H2,29,30,33,37). The van der Waals surface area contributed by atoms with Crippen molar-refractivity contribution in [1.29, 1.82) is 0 Å². The molecule has 0 bridgehead atoms. The maximum atomic E-state index is 13.3. The van der Waals surface area contributed by atoms with Crippen molar-refractivity contribution < 1.29 is 23.5 Å². The van der Waals surface area contributed by atoms with Gasteiger partial charge in [-0.3, -0.25) is 14.9 Å². The zero-order valence-corrected chi connectivity index (χ0v) is 21.3. The second kappa shape index (κ2) is 11.7. The van der Waals surface area contributed by atoms with Crippen molar-refractivity contribution in [3.8, 4) is 11.5 Å². The van der Waals surface area contributed by atoms with E-state index in [1.165, 1.54) is 18.2 Å². The van der Waals surface area contributed by atoms with Crippen LogP contribution in [0, 0.1) is 5.82 Å². The van der Waals surface area contributed by atoms with Crippen LogP contribution in [0.1, 0.15) is 20.7 Å². The fraction of sp³-hybridized carbons (Fsp3) is 0.222. The lowest BCUT2D eigenvalue weighted by atomic mass is 10.1. The molecule has 0 atom stereocenters. The Hall–Kier alpha value is -4.18. The molecule has 4 rings (SSSR count). The predicted octanol–water partition coefficient (Wildman–Crippen LogP) is 3.93. The molecule has 1 aliphatic heterocycles. The molecule has 8 nitrogen and oxygen atoms in total. The molecule has 3 aromatic carbocycles. The lowest BCUT2D eigenvalue weighted by Gasteiger charge is -2.36. The molecule has 0 saturated carbocycles. The molecular weight excluding hydrogens is 495 g/mol. The van der Waals surface area contributed by atoms with E-state index >= 15 is 0 Å². The summed E-state index contributed by atoms with van der Waals surface area (Å²) in [7, 11) is 3.11. The zero-order valence-electron chi connectivity index (χ0n) is 20.5. The number of halogens is 1. The lowest BCUT2D eigenvalue weighted by molar-refractivity contribution is 0.0745. The van der Waals surface area contributed by atoms with Crippen molar-refractivity contribution in [2.24, 2.45) is 0 Å². The molecule has 0 spiro atoms. The highest BCUT2D eigenvalue weighted by molar-refractivity contribution is 7.80. The Morgan fingerprint density at radius 3 is 2.11 bits per heavy atom. The first-order valence-electron chi connectivity index (χ1n) is 11.6. The van der Waals surface area contributed by atoms with Gasteiger partial charge in [-0.25, -0.2) is 4.39 Å². The van der Waals surface area contributed by atoms with Gasteiger partial charge in [-0.05, 0) is 66.8 Å². The number of methoxy groups -OCH3 is 2. The number of hydrogen-bond acceptors (Lipinski definition) is 6. The van der Waals surface area contributed by atoms with Crippen molar-refractivity contribution >= 4 is 40.5 Å². The second-order valence-corrected chi connectivity index (χ2v) is 8.75. The van der Waals surface area contributed by atoms with Crippen LogP contribution in [0.25, 0.3) is 0 Å². The average Bonchev–Trinajstić information content (AvgIpc) is 2.92. The normalized spacial score (nSPS) is 13.1. The third kappa shape index (κ3) is 6.53. The summed E-state index contributed by atoms with van der Waals surface area (Å²) in [5.41, 5.74) is 2.42. The summed E-state index contributed by atoms with van der Waals surface area (Å²) in [4.78, 5) is 29.3. The Kier molecular flexibility index (Phi) is 8.19. The number of carbonyl (C=O) groups excluding carboxylic acids is 2. The van der Waals surface area contributed by atoms with Crippen molar-refractivity contribution in [2.45, 2.75) is 0 Å². The molecule has 0 radical (unpaired) electrons. The van der Waals surface area contributed by atoms with Crippen molar-refractivity contribution in [2.75, 3.05) is 50.6 Å². The molecular formula is C27H27FN4O4S. The first kappa shape index (κ1) is 25.9. The van der Waals surface area contributed by atoms with Crippen molar-refractivity contribution in [3.05, 3.63) is 83.7 Å². The van der Waals surface area contributed by atoms with Crippen LogP contribution in [0.3, 0.4) is 0 Å². The largest absolute Gasteiger partial charge is 0.497 e. The monoisotopic (exact) mass is 522 g/mol. The lowest BCUT2D eigenvalue weighted by Crippen LogP contribution is -2.48. The van der Waals surface area contributed by atoms with Gasteiger partial charge in [0.05, 0.1) is 14.2 Å². The summed E-state index contributed by atoms with van der Waals surface area (Å²) in [5, 5.41) is 5.62. The van der Waals surface area contributed by atoms with E-state index < -0.39 is 11.7 Å². The number of amides is 2. The topological polar surface area (TPSA) is 83.1 Å². The van der Waals surface area contributed by atoms with Gasteiger partial charge < -0.3 is 24.6 Å². The highest BCUT2D eigenvalue weighted by Gasteiger charge is 2.23. The first-order valence-corrected chi connectivity index (χ1v) is 12.0. The van der Waals surface area contributed by atoms with Gasteiger partial charge in [0.25, 0.3) is 11.8 Å². The number of ether oxygens (including phenoxy) is 2. The van der Waals surface area contributed by atoms with Crippen LogP contribution in [-0.2, 0) is 0 Å². The maximum Gasteiger partial charge on any atom is 0.257 e. The Morgan fingerprint density at radius 1 is 0.865 bits per heavy atom. The molecule has 2 N–H and O–H groups in total. The fourth-order valence-electron chi connectivity index (χ4n) is 4.00. The molecule has 1 saturated heterocycles. The Balaban J connectivity index is 1.30. The Morgan fingerprint density at radius 2 is 1.51 bits per heavy atom. The van der Waals surface area contributed by atoms with E-state index in [4.69, 9.17) is 21.7 Å². The summed E-state index contributed by atoms with van der Waals surface area (Å²) >= 11 is 5.21. The van der Waals surface area contributed by atoms with Gasteiger partial charge in [0.1, 0.15) is 17.3 Å². The van der Waals surface area contributed by atoms with Gasteiger partial charge in [-0.1, -0.05) is 6.07 Å². The molecule has 0 unspecified atom stereocenters. The van der Waals surface area contributed by atoms with Gasteiger partial charge in [0.2, 0.25) is 0 Å². The summed E-state index contributed by atoms with van der Waals surface area (Å²) in [6, 6.07) is 18.2. The summed E-state index contributed by atoms with van der Waals surface area (Å²) < 4.78 is 23.9. The number of hydrogen-bond donors (Lipinski definition) is 2. The van der Waals surface area contributed by atoms with E-state index in [0.717, 1.165) is 11.8 Å². The molecule has 1 heterocycles. The summed E-state index contributed by atoms with van der Waals surface area (Å²) in [6.07, 6.45) is 0. The van der Waals surface area contributed by atoms with Crippen molar-refractivity contribution in [3.63, 3.8) is 0 Å². The number of piperazine rings is 1. The minimum atomic E-state index is -0.493. The Labute approximate surface area is 220 Å². The van der Waals surface area contributed by atoms with Crippen LogP contribution < -0.4 is 25.0 Å². The van der Waals surface area contributed by atoms with Crippen LogP contribution in [0.15, 0.2) is 66.7 Å². The van der Waals surface area contributed by atoms with E-state index in [2.05, 4.69) is 15.5 Å². The van der Waals surface area contributed by atoms with Gasteiger partial charge in [0.15, 0.2) is 5.11 Å². The van der Waals surface area contributed by atoms with E-state index in [1.807, 2.05) is 29.2 Å². The smallest absolute Gasteiger partial charge is 0.257 e. The van der Waals surface area contributed by atoms with Gasteiger partial charge in [0, 0.05) is 54.7 Å². The van der Waals surface area contributed by atoms with Crippen LogP contribution in [0.4, 0.5) is 15.8 Å². The molecule has 2 amide bonds. The van der Waals surface area contributed by atoms with Gasteiger partial charge in [-0.15, -0.1) is 0 Å². The highest BCUT2D eigenvalue weighted by Crippen LogP contribution is 2.25. The quantitative estimate of drug-likeness (QED) is 0.475. The third-order valence-electron chi connectivity index (χ3n) is 5.97. The van der Waals surface area contributed by atoms with Crippen LogP contribution in [-0.4, -0.2) is 62.2 Å². The highest BCUT2D eigenvalue weighted by atomic mass is 32.1. The minimum absolute atomic E-state index is 0.0646. The van der Waals surface area contributed by atoms with Crippen LogP contribution in [0.2, 0.25) is 0 Å². The molecule has 0 aliphatic carbocycles. The SMILES string of the molecule is COc1cc(OC)cc(C(=O)N2CCN(c3ccc(NC(=S)NC(=O)c4cccc(F)c4)cc3)CC2)c1. The zero-order chi connectivity index (χ0) is 26.4. The van der Waals surface area contributed by atoms with E-state index in [-0.39, 0.29) is 16.6 Å². The number of carbonyl (C=O) groups is 2. The van der Waals surface area contributed by atoms with Gasteiger partial charge >= 0.3 is 0 Å². The third-order valence-corrected chi connectivity index (χ3v) is 6.17. The van der Waals surface area contributed by atoms with E-state index in [9.17, 15) is 14.0 Å². The first-order chi connectivity index (χ1) is 17.9. The molecule has 1 aliphatic rings. The summed E-state index contributed by atoms with van der Waals surface area (Å²) in [5.74, 6) is 0.0950. The molecule has 0 aromatic heterocycles. The summed E-state index contributed by atoms with van der Waals surface area (Å²) in [6.45, 7) is 2.52. The van der Waals surface area contributed by atoms with Crippen molar-refractivity contribution in [1.82, 2.24) is 10.2 Å². The molecule has 192 valence electrons. The number of nitrogens with one attached hydrogen (secondary N) is 2. The number of thiocarbonyl (C=S) groups is 1. The van der Waals surface area contributed by atoms with Gasteiger partial charge in [-0.2, -0.15) is 0 Å². The number of rotatable bonds is 6. The van der Waals surface area contributed by atoms with E-state index in [1.54, 1.807) is 32.4 Å². The van der Waals surface area contributed by atoms with Crippen LogP contribution >= 0.6 is 12.2 Å². The molecule has 37 heavy (non-hydrogen) atoms. The van der Waals surface area contributed by atoms with Crippen LogP contribution in [0.5, 0.6) is 11.5 Å².